The average Bonchev–Trinajstić information content (AvgIpc) is 3.64. The molecule has 206 valence electrons. The Hall–Kier alpha value is -3.43. The van der Waals surface area contributed by atoms with Gasteiger partial charge in [0.15, 0.2) is 0 Å². The molecule has 3 N–H and O–H groups in total. The number of benzene rings is 1. The lowest BCUT2D eigenvalue weighted by Crippen LogP contribution is -2.43. The van der Waals surface area contributed by atoms with Crippen molar-refractivity contribution in [1.29, 1.82) is 0 Å². The standard InChI is InChI=1S/C28H39N5O5/c1-28(2,3)38-27(35)32-12-9-16(10-13-32)19-8-11-30-26-23(25(29)34)24(31-33(19)26)18-14-20(36-4)22(17-6-7-17)21(15-18)37-5/h14-17,19,30H,6-13H2,1-5H3,(H2,29,34). The third kappa shape index (κ3) is 5.00. The van der Waals surface area contributed by atoms with Crippen molar-refractivity contribution < 1.29 is 23.8 Å². The van der Waals surface area contributed by atoms with Gasteiger partial charge in [-0.05, 0) is 76.8 Å². The number of ether oxygens (including phenoxy) is 3. The van der Waals surface area contributed by atoms with Crippen LogP contribution in [0.2, 0.25) is 0 Å². The van der Waals surface area contributed by atoms with Crippen LogP contribution in [0.5, 0.6) is 11.5 Å². The number of fused-ring (bicyclic) bond motifs is 1. The zero-order chi connectivity index (χ0) is 27.2. The van der Waals surface area contributed by atoms with Gasteiger partial charge in [-0.3, -0.25) is 4.79 Å². The van der Waals surface area contributed by atoms with E-state index >= 15 is 0 Å². The second kappa shape index (κ2) is 10.0. The van der Waals surface area contributed by atoms with Gasteiger partial charge in [0, 0.05) is 30.8 Å². The molecule has 2 amide bonds. The summed E-state index contributed by atoms with van der Waals surface area (Å²) in [6, 6.07) is 3.96. The molecule has 2 fully saturated rings. The molecule has 10 heteroatoms. The zero-order valence-electron chi connectivity index (χ0n) is 23.0. The van der Waals surface area contributed by atoms with E-state index in [0.29, 0.717) is 42.0 Å². The summed E-state index contributed by atoms with van der Waals surface area (Å²) in [6.07, 6.45) is 4.49. The Bertz CT molecular complexity index is 1200. The molecule has 0 spiro atoms. The van der Waals surface area contributed by atoms with Crippen LogP contribution in [0.3, 0.4) is 0 Å². The molecule has 2 aliphatic heterocycles. The first kappa shape index (κ1) is 26.2. The van der Waals surface area contributed by atoms with E-state index in [0.717, 1.165) is 61.3 Å². The summed E-state index contributed by atoms with van der Waals surface area (Å²) >= 11 is 0. The number of amides is 2. The van der Waals surface area contributed by atoms with Crippen LogP contribution in [-0.2, 0) is 4.74 Å². The van der Waals surface area contributed by atoms with Crippen molar-refractivity contribution in [1.82, 2.24) is 14.7 Å². The van der Waals surface area contributed by atoms with Gasteiger partial charge in [0.1, 0.15) is 34.2 Å². The van der Waals surface area contributed by atoms with Crippen LogP contribution >= 0.6 is 0 Å². The van der Waals surface area contributed by atoms with Gasteiger partial charge in [-0.25, -0.2) is 9.48 Å². The second-order valence-electron chi connectivity index (χ2n) is 11.5. The number of hydrogen-bond acceptors (Lipinski definition) is 7. The normalized spacial score (nSPS) is 19.9. The summed E-state index contributed by atoms with van der Waals surface area (Å²) in [4.78, 5) is 27.1. The highest BCUT2D eigenvalue weighted by molar-refractivity contribution is 6.04. The number of anilines is 1. The number of methoxy groups -OCH3 is 2. The van der Waals surface area contributed by atoms with Crippen molar-refractivity contribution >= 4 is 17.8 Å². The quantitative estimate of drug-likeness (QED) is 0.568. The number of nitrogens with zero attached hydrogens (tertiary/aromatic N) is 3. The number of carbonyl (C=O) groups excluding carboxylic acids is 2. The van der Waals surface area contributed by atoms with Gasteiger partial charge in [0.05, 0.1) is 20.3 Å². The molecule has 1 aromatic heterocycles. The number of aromatic nitrogens is 2. The van der Waals surface area contributed by atoms with Gasteiger partial charge in [0.2, 0.25) is 0 Å². The Morgan fingerprint density at radius 2 is 1.66 bits per heavy atom. The van der Waals surface area contributed by atoms with E-state index in [9.17, 15) is 9.59 Å². The first-order valence-corrected chi connectivity index (χ1v) is 13.5. The van der Waals surface area contributed by atoms with Gasteiger partial charge in [-0.2, -0.15) is 5.10 Å². The van der Waals surface area contributed by atoms with E-state index in [-0.39, 0.29) is 12.1 Å². The molecular weight excluding hydrogens is 486 g/mol. The molecule has 1 saturated carbocycles. The lowest BCUT2D eigenvalue weighted by molar-refractivity contribution is 0.0157. The van der Waals surface area contributed by atoms with Gasteiger partial charge in [-0.1, -0.05) is 0 Å². The lowest BCUT2D eigenvalue weighted by Gasteiger charge is -2.38. The molecule has 38 heavy (non-hydrogen) atoms. The van der Waals surface area contributed by atoms with Crippen LogP contribution in [0, 0.1) is 5.92 Å². The highest BCUT2D eigenvalue weighted by Gasteiger charge is 2.37. The fourth-order valence-electron chi connectivity index (χ4n) is 5.82. The summed E-state index contributed by atoms with van der Waals surface area (Å²) in [5.74, 6) is 2.34. The highest BCUT2D eigenvalue weighted by Crippen LogP contribution is 2.50. The van der Waals surface area contributed by atoms with E-state index in [1.165, 1.54) is 0 Å². The number of hydrogen-bond donors (Lipinski definition) is 2. The second-order valence-corrected chi connectivity index (χ2v) is 11.5. The van der Waals surface area contributed by atoms with E-state index in [2.05, 4.69) is 5.32 Å². The maximum absolute atomic E-state index is 12.7. The molecule has 1 aliphatic carbocycles. The maximum atomic E-state index is 12.7. The Morgan fingerprint density at radius 3 is 2.18 bits per heavy atom. The summed E-state index contributed by atoms with van der Waals surface area (Å²) in [5.41, 5.74) is 8.11. The van der Waals surface area contributed by atoms with Crippen molar-refractivity contribution in [2.75, 3.05) is 39.2 Å². The lowest BCUT2D eigenvalue weighted by atomic mass is 9.87. The maximum Gasteiger partial charge on any atom is 0.410 e. The van der Waals surface area contributed by atoms with Crippen LogP contribution in [0.1, 0.15) is 80.8 Å². The van der Waals surface area contributed by atoms with Crippen LogP contribution in [0.25, 0.3) is 11.3 Å². The number of rotatable bonds is 6. The summed E-state index contributed by atoms with van der Waals surface area (Å²) in [6.45, 7) is 7.62. The van der Waals surface area contributed by atoms with E-state index in [4.69, 9.17) is 25.0 Å². The molecule has 0 radical (unpaired) electrons. The topological polar surface area (TPSA) is 121 Å². The first-order valence-electron chi connectivity index (χ1n) is 13.5. The number of nitrogens with two attached hydrogens (primary N) is 1. The van der Waals surface area contributed by atoms with Crippen molar-refractivity contribution in [3.05, 3.63) is 23.3 Å². The Morgan fingerprint density at radius 1 is 1.03 bits per heavy atom. The predicted molar refractivity (Wildman–Crippen MR) is 144 cm³/mol. The molecule has 5 rings (SSSR count). The fraction of sp³-hybridized carbons (Fsp3) is 0.607. The highest BCUT2D eigenvalue weighted by atomic mass is 16.6. The smallest absolute Gasteiger partial charge is 0.410 e. The molecule has 2 aromatic rings. The Kier molecular flexibility index (Phi) is 6.92. The fourth-order valence-corrected chi connectivity index (χ4v) is 5.82. The monoisotopic (exact) mass is 525 g/mol. The molecular formula is C28H39N5O5. The summed E-state index contributed by atoms with van der Waals surface area (Å²) in [7, 11) is 3.30. The Balaban J connectivity index is 1.45. The van der Waals surface area contributed by atoms with Gasteiger partial charge in [-0.15, -0.1) is 0 Å². The average molecular weight is 526 g/mol. The van der Waals surface area contributed by atoms with E-state index in [1.807, 2.05) is 37.6 Å². The van der Waals surface area contributed by atoms with Crippen molar-refractivity contribution in [3.8, 4) is 22.8 Å². The van der Waals surface area contributed by atoms with Crippen LogP contribution < -0.4 is 20.5 Å². The van der Waals surface area contributed by atoms with E-state index in [1.54, 1.807) is 19.1 Å². The van der Waals surface area contributed by atoms with Crippen molar-refractivity contribution in [2.45, 2.75) is 70.4 Å². The zero-order valence-corrected chi connectivity index (χ0v) is 23.0. The number of primary amides is 1. The minimum Gasteiger partial charge on any atom is -0.496 e. The number of piperidine rings is 1. The van der Waals surface area contributed by atoms with Crippen molar-refractivity contribution in [2.24, 2.45) is 11.7 Å². The van der Waals surface area contributed by atoms with Gasteiger partial charge in [0.25, 0.3) is 5.91 Å². The predicted octanol–water partition coefficient (Wildman–Crippen LogP) is 4.55. The molecule has 0 bridgehead atoms. The van der Waals surface area contributed by atoms with Gasteiger partial charge < -0.3 is 30.2 Å². The number of likely N-dealkylation sites (tertiary alicyclic amines) is 1. The molecule has 10 nitrogen and oxygen atoms in total. The van der Waals surface area contributed by atoms with Crippen LogP contribution in [-0.4, -0.2) is 66.1 Å². The molecule has 1 atom stereocenters. The number of carbonyl (C=O) groups is 2. The number of nitrogens with one attached hydrogen (secondary N) is 1. The minimum absolute atomic E-state index is 0.0911. The molecule has 1 unspecified atom stereocenters. The van der Waals surface area contributed by atoms with Crippen LogP contribution in [0.15, 0.2) is 12.1 Å². The first-order chi connectivity index (χ1) is 18.1. The Labute approximate surface area is 223 Å². The van der Waals surface area contributed by atoms with Crippen LogP contribution in [0.4, 0.5) is 10.6 Å². The van der Waals surface area contributed by atoms with Gasteiger partial charge >= 0.3 is 6.09 Å². The molecule has 3 aliphatic rings. The van der Waals surface area contributed by atoms with E-state index < -0.39 is 11.5 Å². The third-order valence-corrected chi connectivity index (χ3v) is 7.74. The minimum atomic E-state index is -0.529. The molecule has 1 saturated heterocycles. The summed E-state index contributed by atoms with van der Waals surface area (Å²) in [5, 5.41) is 8.35. The van der Waals surface area contributed by atoms with Crippen molar-refractivity contribution in [3.63, 3.8) is 0 Å². The summed E-state index contributed by atoms with van der Waals surface area (Å²) < 4.78 is 19.0. The molecule has 3 heterocycles. The third-order valence-electron chi connectivity index (χ3n) is 7.74. The SMILES string of the molecule is COc1cc(-c2nn3c(c2C(N)=O)NCCC3C2CCN(C(=O)OC(C)(C)C)CC2)cc(OC)c1C1CC1. The molecule has 1 aromatic carbocycles. The largest absolute Gasteiger partial charge is 0.496 e.